The minimum absolute atomic E-state index is 0.0102. The molecule has 4 fully saturated rings. The molecule has 1 N–H and O–H groups in total. The van der Waals surface area contributed by atoms with Gasteiger partial charge in [0.1, 0.15) is 0 Å². The highest BCUT2D eigenvalue weighted by Crippen LogP contribution is 2.56. The fraction of sp³-hybridized carbons (Fsp3) is 1.00. The smallest absolute Gasteiger partial charge is 0.0726 e. The zero-order chi connectivity index (χ0) is 11.6. The minimum Gasteiger partial charge on any atom is -0.391 e. The van der Waals surface area contributed by atoms with Crippen molar-refractivity contribution in [2.24, 2.45) is 23.7 Å². The third kappa shape index (κ3) is 1.46. The van der Waals surface area contributed by atoms with Gasteiger partial charge in [0.15, 0.2) is 0 Å². The maximum atomic E-state index is 10.4. The molecule has 2 heteroatoms. The van der Waals surface area contributed by atoms with Gasteiger partial charge in [0, 0.05) is 18.6 Å². The van der Waals surface area contributed by atoms with E-state index in [9.17, 15) is 5.11 Å². The molecule has 96 valence electrons. The summed E-state index contributed by atoms with van der Waals surface area (Å²) in [6, 6.07) is 1.34. The van der Waals surface area contributed by atoms with Crippen molar-refractivity contribution in [3.63, 3.8) is 0 Å². The molecule has 1 aliphatic heterocycles. The lowest BCUT2D eigenvalue weighted by molar-refractivity contribution is 0.0225. The van der Waals surface area contributed by atoms with E-state index in [1.165, 1.54) is 45.1 Å². The monoisotopic (exact) mass is 235 g/mol. The average molecular weight is 235 g/mol. The number of nitrogens with zero attached hydrogens (tertiary/aromatic N) is 1. The second-order valence-corrected chi connectivity index (χ2v) is 7.26. The van der Waals surface area contributed by atoms with Gasteiger partial charge in [0.2, 0.25) is 0 Å². The quantitative estimate of drug-likeness (QED) is 0.753. The number of hydrogen-bond acceptors (Lipinski definition) is 2. The standard InChI is InChI=1S/C15H25NO/c1-9-3-2-4-12(5-9)16-8-11-6-10-7-13(11)14(16)15(10)17/h9-15,17H,2-8H2,1H3. The minimum atomic E-state index is 0.0102. The first kappa shape index (κ1) is 10.8. The molecule has 1 saturated heterocycles. The van der Waals surface area contributed by atoms with Gasteiger partial charge in [-0.05, 0) is 49.4 Å². The van der Waals surface area contributed by atoms with Crippen LogP contribution in [0.1, 0.15) is 45.4 Å². The lowest BCUT2D eigenvalue weighted by atomic mass is 9.85. The van der Waals surface area contributed by atoms with E-state index in [-0.39, 0.29) is 6.10 Å². The third-order valence-electron chi connectivity index (χ3n) is 6.26. The second kappa shape index (κ2) is 3.71. The van der Waals surface area contributed by atoms with Crippen LogP contribution in [0.4, 0.5) is 0 Å². The normalized spacial score (nSPS) is 57.9. The predicted octanol–water partition coefficient (Wildman–Crippen LogP) is 2.27. The summed E-state index contributed by atoms with van der Waals surface area (Å²) in [7, 11) is 0. The highest BCUT2D eigenvalue weighted by Gasteiger charge is 2.59. The van der Waals surface area contributed by atoms with Gasteiger partial charge in [-0.3, -0.25) is 4.90 Å². The fourth-order valence-corrected chi connectivity index (χ4v) is 5.57. The maximum absolute atomic E-state index is 10.4. The Kier molecular flexibility index (Phi) is 2.36. The van der Waals surface area contributed by atoms with Crippen LogP contribution in [0.2, 0.25) is 0 Å². The highest BCUT2D eigenvalue weighted by molar-refractivity contribution is 5.12. The Balaban J connectivity index is 1.55. The van der Waals surface area contributed by atoms with Crippen LogP contribution in [-0.4, -0.2) is 34.7 Å². The van der Waals surface area contributed by atoms with Crippen molar-refractivity contribution in [1.29, 1.82) is 0 Å². The van der Waals surface area contributed by atoms with Crippen molar-refractivity contribution in [1.82, 2.24) is 4.90 Å². The lowest BCUT2D eigenvalue weighted by Gasteiger charge is -2.39. The zero-order valence-electron chi connectivity index (χ0n) is 10.9. The van der Waals surface area contributed by atoms with Crippen LogP contribution in [0.15, 0.2) is 0 Å². The molecule has 0 spiro atoms. The molecule has 0 radical (unpaired) electrons. The molecular weight excluding hydrogens is 210 g/mol. The van der Waals surface area contributed by atoms with E-state index in [1.54, 1.807) is 0 Å². The van der Waals surface area contributed by atoms with Gasteiger partial charge < -0.3 is 5.11 Å². The van der Waals surface area contributed by atoms with Crippen molar-refractivity contribution in [3.05, 3.63) is 0 Å². The molecule has 7 atom stereocenters. The van der Waals surface area contributed by atoms with E-state index in [2.05, 4.69) is 11.8 Å². The number of hydrogen-bond donors (Lipinski definition) is 1. The van der Waals surface area contributed by atoms with Crippen molar-refractivity contribution in [2.45, 2.75) is 63.6 Å². The molecule has 3 saturated carbocycles. The summed E-state index contributed by atoms with van der Waals surface area (Å²) in [5.74, 6) is 3.35. The molecule has 4 aliphatic rings. The fourth-order valence-electron chi connectivity index (χ4n) is 5.57. The first-order valence-corrected chi connectivity index (χ1v) is 7.68. The van der Waals surface area contributed by atoms with Crippen molar-refractivity contribution in [3.8, 4) is 0 Å². The summed E-state index contributed by atoms with van der Waals surface area (Å²) < 4.78 is 0. The SMILES string of the molecule is CC1CCCC(N2CC3CC4CC3C2C4O)C1. The van der Waals surface area contributed by atoms with Gasteiger partial charge in [-0.1, -0.05) is 19.8 Å². The van der Waals surface area contributed by atoms with Crippen LogP contribution in [0.5, 0.6) is 0 Å². The average Bonchev–Trinajstić information content (AvgIpc) is 2.89. The topological polar surface area (TPSA) is 23.5 Å². The maximum Gasteiger partial charge on any atom is 0.0726 e. The van der Waals surface area contributed by atoms with Gasteiger partial charge in [0.05, 0.1) is 6.10 Å². The largest absolute Gasteiger partial charge is 0.391 e. The molecular formula is C15H25NO. The molecule has 2 bridgehead atoms. The van der Waals surface area contributed by atoms with Gasteiger partial charge in [-0.15, -0.1) is 0 Å². The van der Waals surface area contributed by atoms with E-state index in [1.807, 2.05) is 0 Å². The van der Waals surface area contributed by atoms with Crippen LogP contribution in [0.3, 0.4) is 0 Å². The van der Waals surface area contributed by atoms with Crippen molar-refractivity contribution < 1.29 is 5.11 Å². The van der Waals surface area contributed by atoms with Gasteiger partial charge in [0.25, 0.3) is 0 Å². The van der Waals surface area contributed by atoms with E-state index in [4.69, 9.17) is 0 Å². The Bertz CT molecular complexity index is 316. The van der Waals surface area contributed by atoms with Gasteiger partial charge >= 0.3 is 0 Å². The lowest BCUT2D eigenvalue weighted by Crippen LogP contribution is -2.47. The first-order chi connectivity index (χ1) is 8.24. The Morgan fingerprint density at radius 2 is 1.94 bits per heavy atom. The molecule has 4 rings (SSSR count). The van der Waals surface area contributed by atoms with Crippen LogP contribution in [-0.2, 0) is 0 Å². The van der Waals surface area contributed by atoms with Crippen molar-refractivity contribution >= 4 is 0 Å². The summed E-state index contributed by atoms with van der Waals surface area (Å²) in [6.07, 6.45) is 8.26. The Hall–Kier alpha value is -0.0800. The zero-order valence-corrected chi connectivity index (χ0v) is 10.9. The Morgan fingerprint density at radius 3 is 2.71 bits per heavy atom. The predicted molar refractivity (Wildman–Crippen MR) is 67.6 cm³/mol. The van der Waals surface area contributed by atoms with Crippen molar-refractivity contribution in [2.75, 3.05) is 6.54 Å². The van der Waals surface area contributed by atoms with Gasteiger partial charge in [-0.25, -0.2) is 0 Å². The molecule has 1 heterocycles. The van der Waals surface area contributed by atoms with Crippen LogP contribution < -0.4 is 0 Å². The van der Waals surface area contributed by atoms with Crippen LogP contribution in [0.25, 0.3) is 0 Å². The van der Waals surface area contributed by atoms with E-state index in [0.717, 1.165) is 23.8 Å². The molecule has 0 aromatic heterocycles. The number of likely N-dealkylation sites (tertiary alicyclic amines) is 1. The second-order valence-electron chi connectivity index (χ2n) is 7.26. The molecule has 0 aromatic carbocycles. The molecule has 0 amide bonds. The molecule has 7 unspecified atom stereocenters. The summed E-state index contributed by atoms with van der Waals surface area (Å²) in [6.45, 7) is 3.71. The summed E-state index contributed by atoms with van der Waals surface area (Å²) in [4.78, 5) is 2.74. The number of aliphatic hydroxyl groups excluding tert-OH is 1. The molecule has 0 aromatic rings. The molecule has 3 aliphatic carbocycles. The number of rotatable bonds is 1. The van der Waals surface area contributed by atoms with E-state index < -0.39 is 0 Å². The summed E-state index contributed by atoms with van der Waals surface area (Å²) >= 11 is 0. The van der Waals surface area contributed by atoms with E-state index in [0.29, 0.717) is 12.0 Å². The summed E-state index contributed by atoms with van der Waals surface area (Å²) in [5.41, 5.74) is 0. The third-order valence-corrected chi connectivity index (χ3v) is 6.26. The highest BCUT2D eigenvalue weighted by atomic mass is 16.3. The van der Waals surface area contributed by atoms with Crippen LogP contribution in [0, 0.1) is 23.7 Å². The van der Waals surface area contributed by atoms with Gasteiger partial charge in [-0.2, -0.15) is 0 Å². The molecule has 2 nitrogen and oxygen atoms in total. The molecule has 17 heavy (non-hydrogen) atoms. The number of aliphatic hydroxyl groups is 1. The Morgan fingerprint density at radius 1 is 1.06 bits per heavy atom. The van der Waals surface area contributed by atoms with Crippen LogP contribution >= 0.6 is 0 Å². The Labute approximate surface area is 104 Å². The number of fused-ring (bicyclic) bond motifs is 1. The summed E-state index contributed by atoms with van der Waals surface area (Å²) in [5, 5.41) is 10.4. The first-order valence-electron chi connectivity index (χ1n) is 7.68. The van der Waals surface area contributed by atoms with E-state index >= 15 is 0 Å².